The van der Waals surface area contributed by atoms with E-state index in [1.54, 1.807) is 0 Å². The summed E-state index contributed by atoms with van der Waals surface area (Å²) in [6, 6.07) is 0. The van der Waals surface area contributed by atoms with E-state index in [1.807, 2.05) is 0 Å². The fraction of sp³-hybridized carbons (Fsp3) is 1.00. The van der Waals surface area contributed by atoms with Gasteiger partial charge in [-0.15, -0.1) is 0 Å². The van der Waals surface area contributed by atoms with Gasteiger partial charge in [0.25, 0.3) is 0 Å². The summed E-state index contributed by atoms with van der Waals surface area (Å²) in [7, 11) is 0. The Balaban J connectivity index is 0.00000441. The lowest BCUT2D eigenvalue weighted by atomic mass is 10.0. The molecule has 0 aromatic rings. The van der Waals surface area contributed by atoms with E-state index in [0.29, 0.717) is 0 Å². The van der Waals surface area contributed by atoms with Crippen molar-refractivity contribution in [2.45, 2.75) is 104 Å². The van der Waals surface area contributed by atoms with E-state index >= 15 is 0 Å². The maximum absolute atomic E-state index is 2.73. The third-order valence-electron chi connectivity index (χ3n) is 5.16. The molecule has 0 aromatic carbocycles. The summed E-state index contributed by atoms with van der Waals surface area (Å²) in [5, 5.41) is 0. The maximum atomic E-state index is 2.73. The zero-order valence-electron chi connectivity index (χ0n) is 15.5. The molecule has 22 heavy (non-hydrogen) atoms. The summed E-state index contributed by atoms with van der Waals surface area (Å²) in [6.45, 7) is 8.77. The van der Waals surface area contributed by atoms with E-state index < -0.39 is 0 Å². The van der Waals surface area contributed by atoms with Gasteiger partial charge in [-0.25, -0.2) is 0 Å². The van der Waals surface area contributed by atoms with E-state index in [2.05, 4.69) is 18.7 Å². The maximum Gasteiger partial charge on any atom is 0.00101 e. The van der Waals surface area contributed by atoms with Crippen LogP contribution in [0.3, 0.4) is 0 Å². The molecule has 0 bridgehead atoms. The van der Waals surface area contributed by atoms with Crippen LogP contribution >= 0.6 is 0 Å². The van der Waals surface area contributed by atoms with E-state index in [-0.39, 0.29) is 4.70 Å². The Morgan fingerprint density at radius 2 is 1.27 bits per heavy atom. The smallest absolute Gasteiger partial charge is 0.00101 e. The van der Waals surface area contributed by atoms with Crippen LogP contribution in [-0.2, 0) is 0 Å². The molecule has 0 spiro atoms. The first-order valence-electron chi connectivity index (χ1n) is 10.1. The monoisotopic (exact) mass is 315 g/mol. The Bertz CT molecular complexity index is 220. The van der Waals surface area contributed by atoms with Crippen LogP contribution in [0.5, 0.6) is 0 Å². The Kier molecular flexibility index (Phi) is 15.7. The second kappa shape index (κ2) is 15.8. The molecule has 0 aliphatic carbocycles. The molecule has 0 N–H and O–H groups in total. The highest BCUT2D eigenvalue weighted by Crippen LogP contribution is 2.22. The van der Waals surface area contributed by atoms with Gasteiger partial charge < -0.3 is 4.90 Å². The van der Waals surface area contributed by atoms with Gasteiger partial charge in [0.05, 0.1) is 0 Å². The summed E-state index contributed by atoms with van der Waals surface area (Å²) in [5.41, 5.74) is 0. The summed E-state index contributed by atoms with van der Waals surface area (Å²) in [4.78, 5) is 2.73. The van der Waals surface area contributed by atoms with E-state index in [1.165, 1.54) is 110 Å². The predicted molar refractivity (Wildman–Crippen MR) is 98.4 cm³/mol. The van der Waals surface area contributed by atoms with Gasteiger partial charge in [-0.2, -0.15) is 0 Å². The lowest BCUT2D eigenvalue weighted by Gasteiger charge is -2.15. The van der Waals surface area contributed by atoms with Crippen LogP contribution in [-0.4, -0.2) is 24.5 Å². The van der Waals surface area contributed by atoms with Gasteiger partial charge in [-0.3, -0.25) is 4.70 Å². The summed E-state index contributed by atoms with van der Waals surface area (Å²) in [6.07, 6.45) is 20.3. The predicted octanol–water partition coefficient (Wildman–Crippen LogP) is 6.57. The number of halogens is 1. The summed E-state index contributed by atoms with van der Waals surface area (Å²) < 4.78 is 0. The van der Waals surface area contributed by atoms with Crippen LogP contribution in [0.15, 0.2) is 0 Å². The molecule has 2 heteroatoms. The van der Waals surface area contributed by atoms with Crippen molar-refractivity contribution in [3.05, 3.63) is 0 Å². The molecule has 1 aliphatic heterocycles. The molecule has 1 fully saturated rings. The van der Waals surface area contributed by atoms with E-state index in [9.17, 15) is 0 Å². The molecule has 1 nitrogen and oxygen atoms in total. The molecule has 1 atom stereocenters. The van der Waals surface area contributed by atoms with E-state index in [4.69, 9.17) is 0 Å². The van der Waals surface area contributed by atoms with Gasteiger partial charge in [0.2, 0.25) is 0 Å². The fourth-order valence-corrected chi connectivity index (χ4v) is 3.67. The first kappa shape index (κ1) is 21.9. The molecule has 1 rings (SSSR count). The molecule has 0 saturated carbocycles. The second-order valence-corrected chi connectivity index (χ2v) is 7.28. The number of nitrogens with zero attached hydrogens (tertiary/aromatic N) is 1. The minimum atomic E-state index is 0. The Morgan fingerprint density at radius 3 is 1.86 bits per heavy atom. The molecule has 1 aliphatic rings. The van der Waals surface area contributed by atoms with Crippen molar-refractivity contribution in [3.63, 3.8) is 0 Å². The number of likely N-dealkylation sites (tertiary alicyclic amines) is 1. The van der Waals surface area contributed by atoms with Crippen molar-refractivity contribution < 1.29 is 4.70 Å². The van der Waals surface area contributed by atoms with Crippen molar-refractivity contribution in [2.24, 2.45) is 5.92 Å². The molecule has 134 valence electrons. The highest BCUT2D eigenvalue weighted by Gasteiger charge is 2.20. The molecule has 0 aromatic heterocycles. The third kappa shape index (κ3) is 11.5. The topological polar surface area (TPSA) is 3.24 Å². The lowest BCUT2D eigenvalue weighted by Crippen LogP contribution is -2.21. The van der Waals surface area contributed by atoms with Crippen molar-refractivity contribution in [3.8, 4) is 0 Å². The van der Waals surface area contributed by atoms with Crippen molar-refractivity contribution in [1.29, 1.82) is 0 Å². The van der Waals surface area contributed by atoms with E-state index in [0.717, 1.165) is 5.92 Å². The fourth-order valence-electron chi connectivity index (χ4n) is 3.67. The zero-order chi connectivity index (χ0) is 15.2. The van der Waals surface area contributed by atoms with Gasteiger partial charge in [0.15, 0.2) is 0 Å². The molecular weight excluding hydrogens is 273 g/mol. The standard InChI is InChI=1S/C20H41N.FH/c1-3-5-7-8-9-10-11-12-13-14-17-21-18-16-20(19-21)15-6-4-2;/h20H,3-19H2,1-2H3;1H. The second-order valence-electron chi connectivity index (χ2n) is 7.28. The zero-order valence-corrected chi connectivity index (χ0v) is 15.5. The largest absolute Gasteiger partial charge is 0.303 e. The van der Waals surface area contributed by atoms with Crippen molar-refractivity contribution in [1.82, 2.24) is 4.90 Å². The SMILES string of the molecule is CCCCCCCCCCCCN1CCC(CCCC)C1.F. The minimum absolute atomic E-state index is 0. The quantitative estimate of drug-likeness (QED) is 0.328. The third-order valence-corrected chi connectivity index (χ3v) is 5.16. The molecular formula is C20H42FN. The highest BCUT2D eigenvalue weighted by molar-refractivity contribution is 4.75. The van der Waals surface area contributed by atoms with Crippen LogP contribution in [0.1, 0.15) is 104 Å². The van der Waals surface area contributed by atoms with Gasteiger partial charge in [-0.1, -0.05) is 84.5 Å². The number of rotatable bonds is 14. The van der Waals surface area contributed by atoms with Crippen molar-refractivity contribution in [2.75, 3.05) is 19.6 Å². The molecule has 0 amide bonds. The minimum Gasteiger partial charge on any atom is -0.303 e. The molecule has 1 heterocycles. The van der Waals surface area contributed by atoms with Crippen molar-refractivity contribution >= 4 is 0 Å². The van der Waals surface area contributed by atoms with Gasteiger partial charge >= 0.3 is 0 Å². The number of hydrogen-bond acceptors (Lipinski definition) is 1. The summed E-state index contributed by atoms with van der Waals surface area (Å²) in [5.74, 6) is 1.02. The van der Waals surface area contributed by atoms with Crippen LogP contribution < -0.4 is 0 Å². The lowest BCUT2D eigenvalue weighted by molar-refractivity contribution is 0.310. The van der Waals surface area contributed by atoms with Crippen LogP contribution in [0.2, 0.25) is 0 Å². The van der Waals surface area contributed by atoms with Gasteiger partial charge in [-0.05, 0) is 38.3 Å². The molecule has 0 radical (unpaired) electrons. The Morgan fingerprint density at radius 1 is 0.727 bits per heavy atom. The Hall–Kier alpha value is -0.110. The highest BCUT2D eigenvalue weighted by atomic mass is 19.0. The van der Waals surface area contributed by atoms with Crippen LogP contribution in [0.4, 0.5) is 4.70 Å². The van der Waals surface area contributed by atoms with Gasteiger partial charge in [0.1, 0.15) is 0 Å². The first-order valence-corrected chi connectivity index (χ1v) is 10.1. The van der Waals surface area contributed by atoms with Gasteiger partial charge in [0, 0.05) is 6.54 Å². The average Bonchev–Trinajstić information content (AvgIpc) is 2.95. The average molecular weight is 316 g/mol. The summed E-state index contributed by atoms with van der Waals surface area (Å²) >= 11 is 0. The molecule has 1 saturated heterocycles. The normalized spacial score (nSPS) is 18.5. The molecule has 1 unspecified atom stereocenters. The number of hydrogen-bond donors (Lipinski definition) is 0. The number of unbranched alkanes of at least 4 members (excludes halogenated alkanes) is 10. The van der Waals surface area contributed by atoms with Crippen LogP contribution in [0, 0.1) is 5.92 Å². The Labute approximate surface area is 139 Å². The first-order chi connectivity index (χ1) is 10.4. The van der Waals surface area contributed by atoms with Crippen LogP contribution in [0.25, 0.3) is 0 Å².